The quantitative estimate of drug-likeness (QED) is 0.760. The van der Waals surface area contributed by atoms with Gasteiger partial charge in [-0.2, -0.15) is 0 Å². The summed E-state index contributed by atoms with van der Waals surface area (Å²) in [6.07, 6.45) is 9.21. The van der Waals surface area contributed by atoms with E-state index in [0.29, 0.717) is 5.41 Å². The Morgan fingerprint density at radius 2 is 2.06 bits per heavy atom. The molecular formula is C14H27N3S. The molecule has 3 nitrogen and oxygen atoms in total. The second kappa shape index (κ2) is 5.70. The van der Waals surface area contributed by atoms with Crippen LogP contribution in [0, 0.1) is 11.3 Å². The smallest absolute Gasteiger partial charge is 0.0172 e. The summed E-state index contributed by atoms with van der Waals surface area (Å²) in [5.41, 5.74) is 0.711. The fourth-order valence-corrected chi connectivity index (χ4v) is 4.67. The van der Waals surface area contributed by atoms with Crippen molar-refractivity contribution in [2.75, 3.05) is 39.0 Å². The molecule has 1 unspecified atom stereocenters. The van der Waals surface area contributed by atoms with Crippen LogP contribution in [0.3, 0.4) is 0 Å². The Labute approximate surface area is 116 Å². The maximum absolute atomic E-state index is 3.54. The molecule has 1 spiro atoms. The van der Waals surface area contributed by atoms with E-state index < -0.39 is 0 Å². The molecule has 3 rings (SSSR count). The van der Waals surface area contributed by atoms with Crippen molar-refractivity contribution >= 4 is 11.9 Å². The molecule has 18 heavy (non-hydrogen) atoms. The van der Waals surface area contributed by atoms with Crippen LogP contribution in [0.5, 0.6) is 0 Å². The first-order chi connectivity index (χ1) is 8.80. The van der Waals surface area contributed by atoms with E-state index in [9.17, 15) is 0 Å². The Hall–Kier alpha value is 0.230. The molecule has 0 aromatic heterocycles. The molecule has 2 N–H and O–H groups in total. The first-order valence-electron chi connectivity index (χ1n) is 7.51. The van der Waals surface area contributed by atoms with Gasteiger partial charge in [-0.15, -0.1) is 0 Å². The first kappa shape index (κ1) is 13.2. The van der Waals surface area contributed by atoms with Crippen LogP contribution in [0.2, 0.25) is 0 Å². The number of rotatable bonds is 4. The summed E-state index contributed by atoms with van der Waals surface area (Å²) in [5.74, 6) is 0.928. The molecule has 2 heterocycles. The van der Waals surface area contributed by atoms with Gasteiger partial charge in [0.1, 0.15) is 0 Å². The monoisotopic (exact) mass is 269 g/mol. The predicted octanol–water partition coefficient (Wildman–Crippen LogP) is 1.71. The van der Waals surface area contributed by atoms with Crippen molar-refractivity contribution in [1.82, 2.24) is 14.9 Å². The van der Waals surface area contributed by atoms with E-state index in [2.05, 4.69) is 21.2 Å². The van der Waals surface area contributed by atoms with Crippen molar-refractivity contribution in [2.24, 2.45) is 11.3 Å². The minimum atomic E-state index is 0.711. The SMILES string of the molecule is CSNC1CCC2(CC1)CN(CC1CCNC1)C2. The minimum absolute atomic E-state index is 0.711. The normalized spacial score (nSPS) is 32.8. The highest BCUT2D eigenvalue weighted by Gasteiger charge is 2.45. The van der Waals surface area contributed by atoms with Gasteiger partial charge >= 0.3 is 0 Å². The number of nitrogens with zero attached hydrogens (tertiary/aromatic N) is 1. The summed E-state index contributed by atoms with van der Waals surface area (Å²) >= 11 is 1.79. The molecule has 104 valence electrons. The molecule has 2 saturated heterocycles. The van der Waals surface area contributed by atoms with Crippen molar-refractivity contribution < 1.29 is 0 Å². The molecule has 1 saturated carbocycles. The Kier molecular flexibility index (Phi) is 4.18. The molecule has 0 bridgehead atoms. The van der Waals surface area contributed by atoms with Gasteiger partial charge in [-0.25, -0.2) is 0 Å². The van der Waals surface area contributed by atoms with Gasteiger partial charge in [-0.05, 0) is 62.8 Å². The number of likely N-dealkylation sites (tertiary alicyclic amines) is 1. The molecule has 3 aliphatic rings. The van der Waals surface area contributed by atoms with E-state index in [-0.39, 0.29) is 0 Å². The van der Waals surface area contributed by atoms with Gasteiger partial charge in [-0.3, -0.25) is 4.72 Å². The summed E-state index contributed by atoms with van der Waals surface area (Å²) in [6, 6.07) is 0.777. The Morgan fingerprint density at radius 1 is 1.28 bits per heavy atom. The molecular weight excluding hydrogens is 242 g/mol. The number of hydrogen-bond donors (Lipinski definition) is 2. The predicted molar refractivity (Wildman–Crippen MR) is 78.8 cm³/mol. The Bertz CT molecular complexity index is 262. The zero-order valence-electron chi connectivity index (χ0n) is 11.6. The van der Waals surface area contributed by atoms with Crippen LogP contribution >= 0.6 is 11.9 Å². The van der Waals surface area contributed by atoms with Crippen LogP contribution < -0.4 is 10.0 Å². The molecule has 3 fully saturated rings. The summed E-state index contributed by atoms with van der Waals surface area (Å²) in [5, 5.41) is 3.48. The van der Waals surface area contributed by atoms with Gasteiger partial charge in [-0.1, -0.05) is 11.9 Å². The summed E-state index contributed by atoms with van der Waals surface area (Å²) < 4.78 is 3.54. The minimum Gasteiger partial charge on any atom is -0.316 e. The summed E-state index contributed by atoms with van der Waals surface area (Å²) in [4.78, 5) is 2.71. The largest absolute Gasteiger partial charge is 0.316 e. The maximum Gasteiger partial charge on any atom is 0.0172 e. The highest BCUT2D eigenvalue weighted by atomic mass is 32.2. The summed E-state index contributed by atoms with van der Waals surface area (Å²) in [7, 11) is 0. The van der Waals surface area contributed by atoms with Gasteiger partial charge in [0.05, 0.1) is 0 Å². The third-order valence-corrected chi connectivity index (χ3v) is 5.70. The van der Waals surface area contributed by atoms with Crippen molar-refractivity contribution in [3.63, 3.8) is 0 Å². The Morgan fingerprint density at radius 3 is 2.67 bits per heavy atom. The molecule has 0 aromatic rings. The first-order valence-corrected chi connectivity index (χ1v) is 8.74. The highest BCUT2D eigenvalue weighted by molar-refractivity contribution is 7.96. The second-order valence-corrected chi connectivity index (χ2v) is 7.27. The standard InChI is InChI=1S/C14H27N3S/c1-18-16-13-2-5-14(6-3-13)10-17(11-14)9-12-4-7-15-8-12/h12-13,15-16H,2-11H2,1H3. The molecule has 2 aliphatic heterocycles. The molecule has 1 aliphatic carbocycles. The van der Waals surface area contributed by atoms with E-state index in [0.717, 1.165) is 12.0 Å². The third kappa shape index (κ3) is 2.87. The van der Waals surface area contributed by atoms with Gasteiger partial charge in [0.2, 0.25) is 0 Å². The number of nitrogens with one attached hydrogen (secondary N) is 2. The second-order valence-electron chi connectivity index (χ2n) is 6.62. The van der Waals surface area contributed by atoms with Gasteiger partial charge < -0.3 is 10.2 Å². The van der Waals surface area contributed by atoms with E-state index in [4.69, 9.17) is 0 Å². The summed E-state index contributed by atoms with van der Waals surface area (Å²) in [6.45, 7) is 6.61. The van der Waals surface area contributed by atoms with Crippen LogP contribution in [0.25, 0.3) is 0 Å². The van der Waals surface area contributed by atoms with Crippen LogP contribution in [0.4, 0.5) is 0 Å². The van der Waals surface area contributed by atoms with E-state index in [1.54, 1.807) is 11.9 Å². The van der Waals surface area contributed by atoms with Crippen molar-refractivity contribution in [3.05, 3.63) is 0 Å². The fourth-order valence-electron chi connectivity index (χ4n) is 4.10. The van der Waals surface area contributed by atoms with Crippen LogP contribution in [-0.4, -0.2) is 49.9 Å². The molecule has 0 amide bonds. The van der Waals surface area contributed by atoms with Crippen molar-refractivity contribution in [2.45, 2.75) is 38.1 Å². The molecule has 4 heteroatoms. The average molecular weight is 269 g/mol. The fraction of sp³-hybridized carbons (Fsp3) is 1.00. The Balaban J connectivity index is 1.39. The van der Waals surface area contributed by atoms with Crippen LogP contribution in [0.15, 0.2) is 0 Å². The molecule has 0 aromatic carbocycles. The average Bonchev–Trinajstić information content (AvgIpc) is 2.83. The zero-order chi connectivity index (χ0) is 12.4. The molecule has 0 radical (unpaired) electrons. The third-order valence-electron chi connectivity index (χ3n) is 5.13. The van der Waals surface area contributed by atoms with E-state index >= 15 is 0 Å². The van der Waals surface area contributed by atoms with Crippen molar-refractivity contribution in [3.8, 4) is 0 Å². The van der Waals surface area contributed by atoms with E-state index in [1.165, 1.54) is 64.8 Å². The van der Waals surface area contributed by atoms with E-state index in [1.807, 2.05) is 0 Å². The number of hydrogen-bond acceptors (Lipinski definition) is 4. The zero-order valence-corrected chi connectivity index (χ0v) is 12.4. The van der Waals surface area contributed by atoms with Crippen LogP contribution in [-0.2, 0) is 0 Å². The highest BCUT2D eigenvalue weighted by Crippen LogP contribution is 2.44. The van der Waals surface area contributed by atoms with Gasteiger partial charge in [0.25, 0.3) is 0 Å². The van der Waals surface area contributed by atoms with Crippen molar-refractivity contribution in [1.29, 1.82) is 0 Å². The maximum atomic E-state index is 3.54. The lowest BCUT2D eigenvalue weighted by Crippen LogP contribution is -2.59. The topological polar surface area (TPSA) is 27.3 Å². The lowest BCUT2D eigenvalue weighted by molar-refractivity contribution is -0.0385. The van der Waals surface area contributed by atoms with Crippen LogP contribution in [0.1, 0.15) is 32.1 Å². The molecule has 1 atom stereocenters. The lowest BCUT2D eigenvalue weighted by Gasteiger charge is -2.54. The lowest BCUT2D eigenvalue weighted by atomic mass is 9.67. The van der Waals surface area contributed by atoms with Gasteiger partial charge in [0, 0.05) is 25.7 Å². The van der Waals surface area contributed by atoms with Gasteiger partial charge in [0.15, 0.2) is 0 Å².